The van der Waals surface area contributed by atoms with Crippen molar-refractivity contribution in [1.29, 1.82) is 0 Å². The molecule has 4 nitrogen and oxygen atoms in total. The van der Waals surface area contributed by atoms with Crippen LogP contribution in [0.4, 0.5) is 0 Å². The van der Waals surface area contributed by atoms with Crippen molar-refractivity contribution in [2.45, 2.75) is 32.2 Å². The van der Waals surface area contributed by atoms with Gasteiger partial charge in [-0.25, -0.2) is 4.98 Å². The van der Waals surface area contributed by atoms with E-state index in [9.17, 15) is 4.79 Å². The van der Waals surface area contributed by atoms with E-state index in [-0.39, 0.29) is 5.91 Å². The molecule has 0 radical (unpaired) electrons. The van der Waals surface area contributed by atoms with Crippen LogP contribution in [0.25, 0.3) is 22.3 Å². The molecular formula is C22H20ClN3O. The van der Waals surface area contributed by atoms with Gasteiger partial charge in [0.2, 0.25) is 0 Å². The van der Waals surface area contributed by atoms with E-state index in [4.69, 9.17) is 18.0 Å². The lowest BCUT2D eigenvalue weighted by molar-refractivity contribution is 0.0918. The van der Waals surface area contributed by atoms with Gasteiger partial charge in [0.15, 0.2) is 0 Å². The molecule has 0 unspecified atom stereocenters. The SMILES string of the molecule is C#CC(CC)(CC)NC(=O)c1cc(-c2ccccn2)nc2ccc(Cl)cc12. The van der Waals surface area contributed by atoms with Crippen molar-refractivity contribution < 1.29 is 4.79 Å². The number of terminal acetylenes is 1. The van der Waals surface area contributed by atoms with E-state index in [1.54, 1.807) is 30.5 Å². The second-order valence-corrected chi connectivity index (χ2v) is 6.76. The van der Waals surface area contributed by atoms with Gasteiger partial charge in [-0.2, -0.15) is 0 Å². The molecule has 0 aliphatic heterocycles. The first-order chi connectivity index (χ1) is 13.0. The highest BCUT2D eigenvalue weighted by Crippen LogP contribution is 2.27. The van der Waals surface area contributed by atoms with Gasteiger partial charge < -0.3 is 5.32 Å². The summed E-state index contributed by atoms with van der Waals surface area (Å²) >= 11 is 6.16. The van der Waals surface area contributed by atoms with Crippen molar-refractivity contribution in [3.05, 3.63) is 59.2 Å². The van der Waals surface area contributed by atoms with Crippen LogP contribution in [0.1, 0.15) is 37.0 Å². The van der Waals surface area contributed by atoms with Gasteiger partial charge in [-0.1, -0.05) is 37.4 Å². The summed E-state index contributed by atoms with van der Waals surface area (Å²) in [6.45, 7) is 3.93. The smallest absolute Gasteiger partial charge is 0.253 e. The van der Waals surface area contributed by atoms with Crippen molar-refractivity contribution in [2.24, 2.45) is 0 Å². The first-order valence-electron chi connectivity index (χ1n) is 8.84. The molecule has 0 bridgehead atoms. The van der Waals surface area contributed by atoms with E-state index < -0.39 is 5.54 Å². The zero-order chi connectivity index (χ0) is 19.4. The Balaban J connectivity index is 2.16. The minimum absolute atomic E-state index is 0.247. The maximum atomic E-state index is 13.1. The molecule has 2 aromatic heterocycles. The molecular weight excluding hydrogens is 358 g/mol. The lowest BCUT2D eigenvalue weighted by Gasteiger charge is -2.27. The molecule has 0 fully saturated rings. The first-order valence-corrected chi connectivity index (χ1v) is 9.21. The third-order valence-corrected chi connectivity index (χ3v) is 5.01. The van der Waals surface area contributed by atoms with Crippen LogP contribution in [-0.2, 0) is 0 Å². The Hall–Kier alpha value is -2.90. The Labute approximate surface area is 164 Å². The number of benzene rings is 1. The number of nitrogens with one attached hydrogen (secondary N) is 1. The fraction of sp³-hybridized carbons (Fsp3) is 0.227. The third-order valence-electron chi connectivity index (χ3n) is 4.78. The van der Waals surface area contributed by atoms with Crippen molar-refractivity contribution in [2.75, 3.05) is 0 Å². The van der Waals surface area contributed by atoms with Crippen LogP contribution in [0.5, 0.6) is 0 Å². The number of nitrogens with zero attached hydrogens (tertiary/aromatic N) is 2. The molecule has 2 heterocycles. The van der Waals surface area contributed by atoms with Gasteiger partial charge in [-0.15, -0.1) is 6.42 Å². The predicted octanol–water partition coefficient (Wildman–Crippen LogP) is 4.87. The number of hydrogen-bond donors (Lipinski definition) is 1. The lowest BCUT2D eigenvalue weighted by atomic mass is 9.93. The number of carbonyl (C=O) groups is 1. The van der Waals surface area contributed by atoms with Crippen LogP contribution in [-0.4, -0.2) is 21.4 Å². The van der Waals surface area contributed by atoms with E-state index in [0.29, 0.717) is 45.7 Å². The summed E-state index contributed by atoms with van der Waals surface area (Å²) < 4.78 is 0. The van der Waals surface area contributed by atoms with Crippen LogP contribution in [0.2, 0.25) is 5.02 Å². The van der Waals surface area contributed by atoms with Crippen molar-refractivity contribution >= 4 is 28.4 Å². The maximum absolute atomic E-state index is 13.1. The molecule has 5 heteroatoms. The zero-order valence-electron chi connectivity index (χ0n) is 15.3. The monoisotopic (exact) mass is 377 g/mol. The molecule has 136 valence electrons. The summed E-state index contributed by atoms with van der Waals surface area (Å²) in [6.07, 6.45) is 8.68. The highest BCUT2D eigenvalue weighted by molar-refractivity contribution is 6.31. The predicted molar refractivity (Wildman–Crippen MR) is 110 cm³/mol. The Bertz CT molecular complexity index is 1020. The van der Waals surface area contributed by atoms with Crippen LogP contribution < -0.4 is 5.32 Å². The van der Waals surface area contributed by atoms with Gasteiger partial charge in [0.1, 0.15) is 5.54 Å². The summed E-state index contributed by atoms with van der Waals surface area (Å²) in [5.74, 6) is 2.49. The largest absolute Gasteiger partial charge is 0.336 e. The molecule has 1 amide bonds. The van der Waals surface area contributed by atoms with Crippen LogP contribution in [0.15, 0.2) is 48.7 Å². The third kappa shape index (κ3) is 3.79. The standard InChI is InChI=1S/C22H20ClN3O/c1-4-22(5-2,6-3)26-21(27)17-14-20(19-9-7-8-12-24-19)25-18-11-10-15(23)13-16(17)18/h1,7-14H,5-6H2,2-3H3,(H,26,27). The Morgan fingerprint density at radius 2 is 1.96 bits per heavy atom. The van der Waals surface area contributed by atoms with E-state index in [1.807, 2.05) is 32.0 Å². The first kappa shape index (κ1) is 18.9. The number of amides is 1. The van der Waals surface area contributed by atoms with E-state index in [1.165, 1.54) is 0 Å². The maximum Gasteiger partial charge on any atom is 0.253 e. The molecule has 0 atom stereocenters. The summed E-state index contributed by atoms with van der Waals surface area (Å²) in [4.78, 5) is 22.1. The number of fused-ring (bicyclic) bond motifs is 1. The second kappa shape index (κ2) is 7.77. The number of aromatic nitrogens is 2. The van der Waals surface area contributed by atoms with E-state index >= 15 is 0 Å². The highest BCUT2D eigenvalue weighted by Gasteiger charge is 2.27. The number of carbonyl (C=O) groups excluding carboxylic acids is 1. The fourth-order valence-corrected chi connectivity index (χ4v) is 3.16. The summed E-state index contributed by atoms with van der Waals surface area (Å²) in [7, 11) is 0. The van der Waals surface area contributed by atoms with Gasteiger partial charge in [-0.3, -0.25) is 9.78 Å². The number of halogens is 1. The van der Waals surface area contributed by atoms with Crippen LogP contribution in [0, 0.1) is 12.3 Å². The minimum Gasteiger partial charge on any atom is -0.336 e. The van der Waals surface area contributed by atoms with Gasteiger partial charge >= 0.3 is 0 Å². The molecule has 0 saturated carbocycles. The quantitative estimate of drug-likeness (QED) is 0.645. The van der Waals surface area contributed by atoms with E-state index in [0.717, 1.165) is 0 Å². The van der Waals surface area contributed by atoms with Gasteiger partial charge in [0.05, 0.1) is 22.5 Å². The minimum atomic E-state index is -0.684. The number of hydrogen-bond acceptors (Lipinski definition) is 3. The van der Waals surface area contributed by atoms with Gasteiger partial charge in [-0.05, 0) is 49.2 Å². The number of pyridine rings is 2. The fourth-order valence-electron chi connectivity index (χ4n) is 2.98. The molecule has 1 aromatic carbocycles. The summed E-state index contributed by atoms with van der Waals surface area (Å²) in [5.41, 5.74) is 1.78. The topological polar surface area (TPSA) is 54.9 Å². The molecule has 0 spiro atoms. The molecule has 27 heavy (non-hydrogen) atoms. The van der Waals surface area contributed by atoms with Crippen LogP contribution >= 0.6 is 11.6 Å². The molecule has 3 aromatic rings. The average Bonchev–Trinajstić information content (AvgIpc) is 2.72. The van der Waals surface area contributed by atoms with Crippen molar-refractivity contribution in [3.63, 3.8) is 0 Å². The normalized spacial score (nSPS) is 11.2. The average molecular weight is 378 g/mol. The molecule has 0 aliphatic rings. The Morgan fingerprint density at radius 3 is 2.59 bits per heavy atom. The van der Waals surface area contributed by atoms with Gasteiger partial charge in [0.25, 0.3) is 5.91 Å². The second-order valence-electron chi connectivity index (χ2n) is 6.32. The Kier molecular flexibility index (Phi) is 5.43. The van der Waals surface area contributed by atoms with Crippen LogP contribution in [0.3, 0.4) is 0 Å². The van der Waals surface area contributed by atoms with E-state index in [2.05, 4.69) is 21.2 Å². The number of rotatable bonds is 5. The van der Waals surface area contributed by atoms with Crippen molar-refractivity contribution in [3.8, 4) is 23.7 Å². The highest BCUT2D eigenvalue weighted by atomic mass is 35.5. The van der Waals surface area contributed by atoms with Gasteiger partial charge in [0, 0.05) is 16.6 Å². The summed E-state index contributed by atoms with van der Waals surface area (Å²) in [6, 6.07) is 12.6. The lowest BCUT2D eigenvalue weighted by Crippen LogP contribution is -2.46. The summed E-state index contributed by atoms with van der Waals surface area (Å²) in [5, 5.41) is 4.24. The Morgan fingerprint density at radius 1 is 1.19 bits per heavy atom. The molecule has 3 rings (SSSR count). The molecule has 0 saturated heterocycles. The zero-order valence-corrected chi connectivity index (χ0v) is 16.0. The molecule has 0 aliphatic carbocycles. The van der Waals surface area contributed by atoms with Crippen molar-refractivity contribution in [1.82, 2.24) is 15.3 Å². The molecule has 1 N–H and O–H groups in total.